The Balaban J connectivity index is 1.62. The first-order valence-electron chi connectivity index (χ1n) is 8.54. The fourth-order valence-corrected chi connectivity index (χ4v) is 3.52. The number of hydrogen-bond acceptors (Lipinski definition) is 7. The fourth-order valence-electron chi connectivity index (χ4n) is 2.73. The standard InChI is InChI=1S/C17H23N5O3S/c1-3-22-16(21-8-10-25-11-9-21)19-20-17(22)26-12-15(23)18-13-6-4-5-7-14(13)24-2/h4-7H,3,8-12H2,1-2H3,(H,18,23). The van der Waals surface area contributed by atoms with Gasteiger partial charge in [0.05, 0.1) is 31.8 Å². The molecule has 0 radical (unpaired) electrons. The third-order valence-corrected chi connectivity index (χ3v) is 4.99. The molecule has 140 valence electrons. The van der Waals surface area contributed by atoms with Crippen molar-refractivity contribution < 1.29 is 14.3 Å². The molecule has 3 rings (SSSR count). The van der Waals surface area contributed by atoms with Gasteiger partial charge in [-0.25, -0.2) is 0 Å². The summed E-state index contributed by atoms with van der Waals surface area (Å²) in [5.74, 6) is 1.61. The number of methoxy groups -OCH3 is 1. The average molecular weight is 377 g/mol. The highest BCUT2D eigenvalue weighted by atomic mass is 32.2. The van der Waals surface area contributed by atoms with E-state index >= 15 is 0 Å². The number of morpholine rings is 1. The summed E-state index contributed by atoms with van der Waals surface area (Å²) < 4.78 is 12.7. The molecule has 26 heavy (non-hydrogen) atoms. The van der Waals surface area contributed by atoms with Crippen molar-refractivity contribution in [1.82, 2.24) is 14.8 Å². The number of carbonyl (C=O) groups is 1. The Labute approximate surface area is 156 Å². The first-order chi connectivity index (χ1) is 12.7. The third-order valence-electron chi connectivity index (χ3n) is 4.02. The van der Waals surface area contributed by atoms with Crippen LogP contribution in [0.4, 0.5) is 11.6 Å². The van der Waals surface area contributed by atoms with Crippen LogP contribution in [0.2, 0.25) is 0 Å². The highest BCUT2D eigenvalue weighted by Crippen LogP contribution is 2.25. The second kappa shape index (κ2) is 8.91. The van der Waals surface area contributed by atoms with E-state index in [-0.39, 0.29) is 11.7 Å². The van der Waals surface area contributed by atoms with Crippen LogP contribution in [-0.4, -0.2) is 59.8 Å². The monoisotopic (exact) mass is 377 g/mol. The lowest BCUT2D eigenvalue weighted by Crippen LogP contribution is -2.38. The first kappa shape index (κ1) is 18.5. The van der Waals surface area contributed by atoms with Crippen molar-refractivity contribution in [2.24, 2.45) is 0 Å². The van der Waals surface area contributed by atoms with Gasteiger partial charge < -0.3 is 19.7 Å². The molecule has 9 heteroatoms. The normalized spacial score (nSPS) is 14.3. The second-order valence-corrected chi connectivity index (χ2v) is 6.61. The van der Waals surface area contributed by atoms with E-state index in [1.807, 2.05) is 35.8 Å². The first-order valence-corrected chi connectivity index (χ1v) is 9.53. The van der Waals surface area contributed by atoms with Crippen LogP contribution in [0.25, 0.3) is 0 Å². The molecule has 2 aromatic rings. The summed E-state index contributed by atoms with van der Waals surface area (Å²) in [5.41, 5.74) is 0.659. The number of carbonyl (C=O) groups excluding carboxylic acids is 1. The number of ether oxygens (including phenoxy) is 2. The maximum Gasteiger partial charge on any atom is 0.234 e. The number of rotatable bonds is 7. The molecule has 1 amide bonds. The topological polar surface area (TPSA) is 81.5 Å². The molecule has 1 aliphatic rings. The number of nitrogens with zero attached hydrogens (tertiary/aromatic N) is 4. The number of aromatic nitrogens is 3. The molecule has 1 N–H and O–H groups in total. The van der Waals surface area contributed by atoms with E-state index in [1.54, 1.807) is 7.11 Å². The summed E-state index contributed by atoms with van der Waals surface area (Å²) in [4.78, 5) is 14.5. The zero-order chi connectivity index (χ0) is 18.4. The molecule has 2 heterocycles. The van der Waals surface area contributed by atoms with Crippen LogP contribution < -0.4 is 15.0 Å². The Bertz CT molecular complexity index is 746. The number of anilines is 2. The summed E-state index contributed by atoms with van der Waals surface area (Å²) in [6, 6.07) is 7.34. The van der Waals surface area contributed by atoms with E-state index in [0.29, 0.717) is 24.7 Å². The van der Waals surface area contributed by atoms with Crippen LogP contribution in [0.5, 0.6) is 5.75 Å². The maximum absolute atomic E-state index is 12.3. The smallest absolute Gasteiger partial charge is 0.234 e. The number of hydrogen-bond donors (Lipinski definition) is 1. The minimum absolute atomic E-state index is 0.113. The van der Waals surface area contributed by atoms with Gasteiger partial charge in [-0.3, -0.25) is 9.36 Å². The lowest BCUT2D eigenvalue weighted by atomic mass is 10.3. The molecule has 1 aliphatic heterocycles. The fraction of sp³-hybridized carbons (Fsp3) is 0.471. The van der Waals surface area contributed by atoms with Crippen molar-refractivity contribution in [2.75, 3.05) is 49.4 Å². The Morgan fingerprint density at radius 1 is 1.31 bits per heavy atom. The predicted molar refractivity (Wildman–Crippen MR) is 101 cm³/mol. The van der Waals surface area contributed by atoms with Crippen LogP contribution in [0.1, 0.15) is 6.92 Å². The lowest BCUT2D eigenvalue weighted by molar-refractivity contribution is -0.113. The van der Waals surface area contributed by atoms with Gasteiger partial charge >= 0.3 is 0 Å². The van der Waals surface area contributed by atoms with Crippen molar-refractivity contribution in [1.29, 1.82) is 0 Å². The zero-order valence-electron chi connectivity index (χ0n) is 15.0. The van der Waals surface area contributed by atoms with Crippen molar-refractivity contribution >= 4 is 29.3 Å². The van der Waals surface area contributed by atoms with Crippen molar-refractivity contribution in [2.45, 2.75) is 18.6 Å². The van der Waals surface area contributed by atoms with Crippen LogP contribution in [0.15, 0.2) is 29.4 Å². The predicted octanol–water partition coefficient (Wildman–Crippen LogP) is 1.87. The number of nitrogens with one attached hydrogen (secondary N) is 1. The molecule has 1 aromatic carbocycles. The summed E-state index contributed by atoms with van der Waals surface area (Å²) in [7, 11) is 1.58. The van der Waals surface area contributed by atoms with Crippen molar-refractivity contribution in [3.05, 3.63) is 24.3 Å². The molecule has 1 saturated heterocycles. The van der Waals surface area contributed by atoms with Crippen molar-refractivity contribution in [3.63, 3.8) is 0 Å². The average Bonchev–Trinajstić information content (AvgIpc) is 3.10. The van der Waals surface area contributed by atoms with Crippen LogP contribution in [-0.2, 0) is 16.1 Å². The Hall–Kier alpha value is -2.26. The third kappa shape index (κ3) is 4.28. The SMILES string of the molecule is CCn1c(SCC(=O)Nc2ccccc2OC)nnc1N1CCOCC1. The van der Waals surface area contributed by atoms with Gasteiger partial charge in [0.2, 0.25) is 11.9 Å². The highest BCUT2D eigenvalue weighted by molar-refractivity contribution is 7.99. The molecule has 0 aliphatic carbocycles. The second-order valence-electron chi connectivity index (χ2n) is 5.66. The summed E-state index contributed by atoms with van der Waals surface area (Å²) in [6.45, 7) is 5.79. The highest BCUT2D eigenvalue weighted by Gasteiger charge is 2.20. The number of para-hydroxylation sites is 2. The van der Waals surface area contributed by atoms with Crippen LogP contribution >= 0.6 is 11.8 Å². The molecular weight excluding hydrogens is 354 g/mol. The summed E-state index contributed by atoms with van der Waals surface area (Å²) >= 11 is 1.38. The van der Waals surface area contributed by atoms with Crippen LogP contribution in [0.3, 0.4) is 0 Å². The van der Waals surface area contributed by atoms with E-state index < -0.39 is 0 Å². The maximum atomic E-state index is 12.3. The van der Waals surface area contributed by atoms with Gasteiger partial charge in [0.15, 0.2) is 5.16 Å². The Morgan fingerprint density at radius 2 is 2.08 bits per heavy atom. The molecular formula is C17H23N5O3S. The molecule has 0 atom stereocenters. The van der Waals surface area contributed by atoms with Gasteiger partial charge in [-0.1, -0.05) is 23.9 Å². The van der Waals surface area contributed by atoms with Crippen molar-refractivity contribution in [3.8, 4) is 5.75 Å². The number of thioether (sulfide) groups is 1. The summed E-state index contributed by atoms with van der Waals surface area (Å²) in [6.07, 6.45) is 0. The zero-order valence-corrected chi connectivity index (χ0v) is 15.8. The molecule has 0 bridgehead atoms. The molecule has 1 aromatic heterocycles. The minimum Gasteiger partial charge on any atom is -0.495 e. The number of amides is 1. The van der Waals surface area contributed by atoms with E-state index in [9.17, 15) is 4.79 Å². The van der Waals surface area contributed by atoms with Gasteiger partial charge in [-0.05, 0) is 19.1 Å². The number of benzene rings is 1. The molecule has 0 saturated carbocycles. The summed E-state index contributed by atoms with van der Waals surface area (Å²) in [5, 5.41) is 12.2. The largest absolute Gasteiger partial charge is 0.495 e. The van der Waals surface area contributed by atoms with E-state index in [4.69, 9.17) is 9.47 Å². The van der Waals surface area contributed by atoms with E-state index in [2.05, 4.69) is 20.4 Å². The van der Waals surface area contributed by atoms with Gasteiger partial charge in [-0.15, -0.1) is 10.2 Å². The molecule has 0 unspecified atom stereocenters. The van der Waals surface area contributed by atoms with E-state index in [0.717, 1.165) is 30.7 Å². The molecule has 8 nitrogen and oxygen atoms in total. The quantitative estimate of drug-likeness (QED) is 0.738. The van der Waals surface area contributed by atoms with Gasteiger partial charge in [0, 0.05) is 19.6 Å². The van der Waals surface area contributed by atoms with Gasteiger partial charge in [0.1, 0.15) is 5.75 Å². The Kier molecular flexibility index (Phi) is 6.35. The Morgan fingerprint density at radius 3 is 2.81 bits per heavy atom. The van der Waals surface area contributed by atoms with Crippen LogP contribution in [0, 0.1) is 0 Å². The minimum atomic E-state index is -0.113. The lowest BCUT2D eigenvalue weighted by Gasteiger charge is -2.27. The van der Waals surface area contributed by atoms with Gasteiger partial charge in [0.25, 0.3) is 0 Å². The molecule has 0 spiro atoms. The van der Waals surface area contributed by atoms with E-state index in [1.165, 1.54) is 11.8 Å². The molecule has 1 fully saturated rings. The van der Waals surface area contributed by atoms with Gasteiger partial charge in [-0.2, -0.15) is 0 Å².